The van der Waals surface area contributed by atoms with E-state index in [1.807, 2.05) is 0 Å². The van der Waals surface area contributed by atoms with Crippen molar-refractivity contribution >= 4 is 70.6 Å². The van der Waals surface area contributed by atoms with Crippen LogP contribution in [-0.4, -0.2) is 23.9 Å². The fourth-order valence-corrected chi connectivity index (χ4v) is 5.87. The number of nitrogens with one attached hydrogen (secondary N) is 2. The molecular weight excluding hydrogens is 551 g/mol. The SMILES string of the molecule is COc1ccc(S(=O)(=O)Nc2ccc(S(=O)(=O)Nc3ccc(Cl)cc3Cl)cc2)cc1Br. The standard InChI is InChI=1S/C19H15BrCl2N2O5S2/c1-29-19-9-7-15(11-16(19)20)31(27,28)23-13-3-5-14(6-4-13)30(25,26)24-18-8-2-12(21)10-17(18)22/h2-11,23-24H,1H3. The number of sulfonamides is 2. The first-order chi connectivity index (χ1) is 14.5. The molecule has 0 atom stereocenters. The van der Waals surface area contributed by atoms with E-state index in [-0.39, 0.29) is 26.2 Å². The third kappa shape index (κ3) is 5.64. The van der Waals surface area contributed by atoms with Gasteiger partial charge >= 0.3 is 0 Å². The Hall–Kier alpha value is -1.98. The van der Waals surface area contributed by atoms with Gasteiger partial charge in [0.05, 0.1) is 32.1 Å². The second kappa shape index (κ2) is 9.25. The van der Waals surface area contributed by atoms with Crippen molar-refractivity contribution in [1.29, 1.82) is 0 Å². The van der Waals surface area contributed by atoms with Crippen molar-refractivity contribution in [1.82, 2.24) is 0 Å². The van der Waals surface area contributed by atoms with Crippen LogP contribution in [0.5, 0.6) is 5.75 Å². The molecule has 0 aliphatic carbocycles. The molecular formula is C19H15BrCl2N2O5S2. The molecule has 3 aromatic rings. The van der Waals surface area contributed by atoms with Gasteiger partial charge in [0, 0.05) is 10.7 Å². The first-order valence-electron chi connectivity index (χ1n) is 8.46. The highest BCUT2D eigenvalue weighted by molar-refractivity contribution is 9.10. The van der Waals surface area contributed by atoms with Crippen LogP contribution in [0.4, 0.5) is 11.4 Å². The van der Waals surface area contributed by atoms with Crippen molar-refractivity contribution in [2.24, 2.45) is 0 Å². The zero-order chi connectivity index (χ0) is 22.8. The summed E-state index contributed by atoms with van der Waals surface area (Å²) in [6, 6.07) is 13.9. The molecule has 0 saturated carbocycles. The molecule has 0 heterocycles. The highest BCUT2D eigenvalue weighted by Crippen LogP contribution is 2.30. The Morgan fingerprint density at radius 1 is 0.806 bits per heavy atom. The number of methoxy groups -OCH3 is 1. The van der Waals surface area contributed by atoms with E-state index in [1.54, 1.807) is 0 Å². The van der Waals surface area contributed by atoms with Crippen molar-refractivity contribution in [3.05, 3.63) is 75.2 Å². The Morgan fingerprint density at radius 2 is 1.42 bits per heavy atom. The molecule has 12 heteroatoms. The van der Waals surface area contributed by atoms with Crippen molar-refractivity contribution < 1.29 is 21.6 Å². The fraction of sp³-hybridized carbons (Fsp3) is 0.0526. The molecule has 0 aromatic heterocycles. The molecule has 0 radical (unpaired) electrons. The van der Waals surface area contributed by atoms with Gasteiger partial charge in [0.15, 0.2) is 0 Å². The summed E-state index contributed by atoms with van der Waals surface area (Å²) in [4.78, 5) is -0.0652. The number of anilines is 2. The average Bonchev–Trinajstić information content (AvgIpc) is 2.70. The number of ether oxygens (including phenoxy) is 1. The van der Waals surface area contributed by atoms with Gasteiger partial charge in [-0.3, -0.25) is 9.44 Å². The lowest BCUT2D eigenvalue weighted by Crippen LogP contribution is -2.15. The Kier molecular flexibility index (Phi) is 7.07. The molecule has 0 spiro atoms. The van der Waals surface area contributed by atoms with Gasteiger partial charge in [-0.25, -0.2) is 16.8 Å². The van der Waals surface area contributed by atoms with E-state index in [4.69, 9.17) is 27.9 Å². The molecule has 0 bridgehead atoms. The van der Waals surface area contributed by atoms with Gasteiger partial charge in [-0.05, 0) is 76.6 Å². The lowest BCUT2D eigenvalue weighted by molar-refractivity contribution is 0.411. The smallest absolute Gasteiger partial charge is 0.261 e. The van der Waals surface area contributed by atoms with E-state index in [1.165, 1.54) is 67.8 Å². The minimum absolute atomic E-state index is 0.0101. The summed E-state index contributed by atoms with van der Waals surface area (Å²) in [6.07, 6.45) is 0. The fourth-order valence-electron chi connectivity index (χ4n) is 2.51. The van der Waals surface area contributed by atoms with Crippen LogP contribution in [0.3, 0.4) is 0 Å². The topological polar surface area (TPSA) is 102 Å². The lowest BCUT2D eigenvalue weighted by atomic mass is 10.3. The largest absolute Gasteiger partial charge is 0.496 e. The Bertz CT molecular complexity index is 1330. The van der Waals surface area contributed by atoms with Crippen molar-refractivity contribution in [2.75, 3.05) is 16.6 Å². The first kappa shape index (κ1) is 23.7. The summed E-state index contributed by atoms with van der Waals surface area (Å²) in [6.45, 7) is 0. The highest BCUT2D eigenvalue weighted by atomic mass is 79.9. The van der Waals surface area contributed by atoms with Crippen LogP contribution in [0.2, 0.25) is 10.0 Å². The second-order valence-corrected chi connectivity index (χ2v) is 11.2. The number of hydrogen-bond donors (Lipinski definition) is 2. The van der Waals surface area contributed by atoms with E-state index >= 15 is 0 Å². The molecule has 7 nitrogen and oxygen atoms in total. The summed E-state index contributed by atoms with van der Waals surface area (Å²) in [7, 11) is -6.38. The molecule has 0 amide bonds. The quantitative estimate of drug-likeness (QED) is 0.401. The molecule has 0 unspecified atom stereocenters. The predicted octanol–water partition coefficient (Wildman–Crippen LogP) is 5.37. The second-order valence-electron chi connectivity index (χ2n) is 6.16. The Morgan fingerprint density at radius 3 is 2.00 bits per heavy atom. The Labute approximate surface area is 198 Å². The molecule has 0 fully saturated rings. The van der Waals surface area contributed by atoms with Crippen molar-refractivity contribution in [3.63, 3.8) is 0 Å². The van der Waals surface area contributed by atoms with Gasteiger partial charge < -0.3 is 4.74 Å². The average molecular weight is 566 g/mol. The third-order valence-corrected chi connectivity index (χ3v) is 7.95. The first-order valence-corrected chi connectivity index (χ1v) is 13.0. The van der Waals surface area contributed by atoms with Gasteiger partial charge in [0.2, 0.25) is 0 Å². The van der Waals surface area contributed by atoms with Gasteiger partial charge in [-0.1, -0.05) is 23.2 Å². The van der Waals surface area contributed by atoms with Crippen LogP contribution in [-0.2, 0) is 20.0 Å². The van der Waals surface area contributed by atoms with Crippen LogP contribution < -0.4 is 14.2 Å². The molecule has 3 rings (SSSR count). The summed E-state index contributed by atoms with van der Waals surface area (Å²) < 4.78 is 60.8. The van der Waals surface area contributed by atoms with Crippen LogP contribution in [0, 0.1) is 0 Å². The number of rotatable bonds is 7. The normalized spacial score (nSPS) is 11.7. The van der Waals surface area contributed by atoms with Gasteiger partial charge in [0.1, 0.15) is 5.75 Å². The predicted molar refractivity (Wildman–Crippen MR) is 125 cm³/mol. The van der Waals surface area contributed by atoms with E-state index < -0.39 is 20.0 Å². The van der Waals surface area contributed by atoms with Gasteiger partial charge in [0.25, 0.3) is 20.0 Å². The lowest BCUT2D eigenvalue weighted by Gasteiger charge is -2.12. The molecule has 31 heavy (non-hydrogen) atoms. The van der Waals surface area contributed by atoms with E-state index in [0.29, 0.717) is 15.2 Å². The van der Waals surface area contributed by atoms with Crippen molar-refractivity contribution in [2.45, 2.75) is 9.79 Å². The highest BCUT2D eigenvalue weighted by Gasteiger charge is 2.19. The zero-order valence-corrected chi connectivity index (χ0v) is 20.5. The third-order valence-electron chi connectivity index (χ3n) is 4.03. The molecule has 0 saturated heterocycles. The minimum atomic E-state index is -3.95. The van der Waals surface area contributed by atoms with Crippen LogP contribution >= 0.6 is 39.1 Å². The molecule has 2 N–H and O–H groups in total. The number of halogens is 3. The maximum Gasteiger partial charge on any atom is 0.261 e. The molecule has 0 aliphatic heterocycles. The van der Waals surface area contributed by atoms with Crippen LogP contribution in [0.15, 0.2) is 74.9 Å². The van der Waals surface area contributed by atoms with Gasteiger partial charge in [-0.2, -0.15) is 0 Å². The maximum atomic E-state index is 12.6. The number of benzene rings is 3. The van der Waals surface area contributed by atoms with Crippen LogP contribution in [0.1, 0.15) is 0 Å². The maximum absolute atomic E-state index is 12.6. The monoisotopic (exact) mass is 564 g/mol. The summed E-state index contributed by atoms with van der Waals surface area (Å²) in [5, 5.41) is 0.514. The Balaban J connectivity index is 1.80. The minimum Gasteiger partial charge on any atom is -0.496 e. The summed E-state index contributed by atoms with van der Waals surface area (Å²) >= 11 is 15.1. The summed E-state index contributed by atoms with van der Waals surface area (Å²) in [5.74, 6) is 0.488. The molecule has 0 aliphatic rings. The molecule has 164 valence electrons. The zero-order valence-electron chi connectivity index (χ0n) is 15.8. The van der Waals surface area contributed by atoms with E-state index in [0.717, 1.165) is 0 Å². The summed E-state index contributed by atoms with van der Waals surface area (Å²) in [5.41, 5.74) is 0.358. The van der Waals surface area contributed by atoms with Crippen molar-refractivity contribution in [3.8, 4) is 5.75 Å². The van der Waals surface area contributed by atoms with E-state index in [2.05, 4.69) is 25.4 Å². The number of hydrogen-bond acceptors (Lipinski definition) is 5. The van der Waals surface area contributed by atoms with Crippen LogP contribution in [0.25, 0.3) is 0 Å². The van der Waals surface area contributed by atoms with E-state index in [9.17, 15) is 16.8 Å². The molecule has 3 aromatic carbocycles. The van der Waals surface area contributed by atoms with Gasteiger partial charge in [-0.15, -0.1) is 0 Å².